The molecule has 1 aromatic heterocycles. The number of hydrogen-bond acceptors (Lipinski definition) is 6. The Morgan fingerprint density at radius 1 is 1.06 bits per heavy atom. The van der Waals surface area contributed by atoms with Crippen LogP contribution in [-0.4, -0.2) is 31.5 Å². The Morgan fingerprint density at radius 3 is 2.54 bits per heavy atom. The number of halogens is 1. The molecule has 0 atom stereocenters. The van der Waals surface area contributed by atoms with E-state index in [1.165, 1.54) is 35.6 Å². The summed E-state index contributed by atoms with van der Waals surface area (Å²) in [5, 5.41) is 0. The lowest BCUT2D eigenvalue weighted by molar-refractivity contribution is -0.143. The summed E-state index contributed by atoms with van der Waals surface area (Å²) in [6, 6.07) is 17.6. The van der Waals surface area contributed by atoms with Crippen LogP contribution < -0.4 is 9.52 Å². The van der Waals surface area contributed by atoms with E-state index < -0.39 is 27.7 Å². The predicted octanol–water partition coefficient (Wildman–Crippen LogP) is 3.95. The van der Waals surface area contributed by atoms with Crippen molar-refractivity contribution in [2.24, 2.45) is 4.99 Å². The zero-order chi connectivity index (χ0) is 25.0. The van der Waals surface area contributed by atoms with Crippen LogP contribution in [0.25, 0.3) is 10.2 Å². The van der Waals surface area contributed by atoms with Crippen molar-refractivity contribution in [3.8, 4) is 0 Å². The average molecular weight is 514 g/mol. The Morgan fingerprint density at radius 2 is 1.80 bits per heavy atom. The van der Waals surface area contributed by atoms with E-state index in [0.29, 0.717) is 4.80 Å². The number of benzene rings is 3. The van der Waals surface area contributed by atoms with Gasteiger partial charge in [0, 0.05) is 11.3 Å². The number of thiazole rings is 1. The summed E-state index contributed by atoms with van der Waals surface area (Å²) < 4.78 is 48.2. The zero-order valence-corrected chi connectivity index (χ0v) is 20.1. The van der Waals surface area contributed by atoms with Gasteiger partial charge < -0.3 is 9.30 Å². The van der Waals surface area contributed by atoms with E-state index >= 15 is 0 Å². The highest BCUT2D eigenvalue weighted by molar-refractivity contribution is 7.92. The molecule has 0 saturated carbocycles. The fourth-order valence-corrected chi connectivity index (χ4v) is 5.37. The first kappa shape index (κ1) is 24.3. The van der Waals surface area contributed by atoms with Gasteiger partial charge in [-0.3, -0.25) is 14.3 Å². The molecule has 4 aromatic rings. The molecule has 11 heteroatoms. The minimum atomic E-state index is -3.99. The molecule has 4 rings (SSSR count). The molecule has 3 aromatic carbocycles. The van der Waals surface area contributed by atoms with Gasteiger partial charge in [0.2, 0.25) is 0 Å². The molecule has 0 aliphatic carbocycles. The molecule has 1 N–H and O–H groups in total. The second-order valence-electron chi connectivity index (χ2n) is 7.30. The molecule has 0 radical (unpaired) electrons. The molecular weight excluding hydrogens is 493 g/mol. The van der Waals surface area contributed by atoms with Gasteiger partial charge in [-0.25, -0.2) is 12.8 Å². The molecule has 0 aliphatic rings. The molecule has 0 bridgehead atoms. The fraction of sp³-hybridized carbons (Fsp3) is 0.125. The normalized spacial score (nSPS) is 12.0. The Bertz CT molecular complexity index is 1570. The first-order chi connectivity index (χ1) is 16.8. The maximum atomic E-state index is 13.1. The minimum Gasteiger partial charge on any atom is -0.465 e. The van der Waals surface area contributed by atoms with Crippen molar-refractivity contribution in [3.05, 3.63) is 89.0 Å². The van der Waals surface area contributed by atoms with E-state index in [2.05, 4.69) is 9.71 Å². The maximum absolute atomic E-state index is 13.1. The highest BCUT2D eigenvalue weighted by atomic mass is 32.2. The molecule has 1 amide bonds. The summed E-state index contributed by atoms with van der Waals surface area (Å²) in [5.41, 5.74) is 1.02. The third kappa shape index (κ3) is 5.64. The van der Waals surface area contributed by atoms with E-state index in [-0.39, 0.29) is 29.3 Å². The van der Waals surface area contributed by atoms with Gasteiger partial charge in [0.15, 0.2) is 4.80 Å². The van der Waals surface area contributed by atoms with Crippen molar-refractivity contribution >= 4 is 49.1 Å². The number of sulfonamides is 1. The molecule has 0 aliphatic heterocycles. The van der Waals surface area contributed by atoms with Gasteiger partial charge in [-0.05, 0) is 61.5 Å². The van der Waals surface area contributed by atoms with Crippen LogP contribution in [0.3, 0.4) is 0 Å². The predicted molar refractivity (Wildman–Crippen MR) is 130 cm³/mol. The van der Waals surface area contributed by atoms with E-state index in [4.69, 9.17) is 4.74 Å². The Hall–Kier alpha value is -3.83. The van der Waals surface area contributed by atoms with Crippen LogP contribution in [0.15, 0.2) is 82.7 Å². The number of anilines is 1. The second-order valence-corrected chi connectivity index (χ2v) is 9.99. The number of hydrogen-bond donors (Lipinski definition) is 1. The first-order valence-corrected chi connectivity index (χ1v) is 12.8. The lowest BCUT2D eigenvalue weighted by atomic mass is 10.2. The molecule has 8 nitrogen and oxygen atoms in total. The summed E-state index contributed by atoms with van der Waals surface area (Å²) in [6.07, 6.45) is 0. The van der Waals surface area contributed by atoms with Crippen LogP contribution in [-0.2, 0) is 26.1 Å². The summed E-state index contributed by atoms with van der Waals surface area (Å²) in [6.45, 7) is 1.83. The summed E-state index contributed by atoms with van der Waals surface area (Å²) in [4.78, 5) is 29.5. The molecule has 0 saturated heterocycles. The number of ether oxygens (including phenoxy) is 1. The van der Waals surface area contributed by atoms with Crippen LogP contribution in [0.1, 0.15) is 17.3 Å². The van der Waals surface area contributed by atoms with Crippen molar-refractivity contribution in [3.63, 3.8) is 0 Å². The Kier molecular flexibility index (Phi) is 7.08. The molecule has 180 valence electrons. The van der Waals surface area contributed by atoms with Crippen LogP contribution in [0.4, 0.5) is 10.1 Å². The summed E-state index contributed by atoms with van der Waals surface area (Å²) in [7, 11) is -3.99. The molecule has 0 unspecified atom stereocenters. The van der Waals surface area contributed by atoms with Crippen LogP contribution in [0.5, 0.6) is 0 Å². The van der Waals surface area contributed by atoms with Crippen molar-refractivity contribution in [2.75, 3.05) is 11.3 Å². The number of rotatable bonds is 7. The third-order valence-electron chi connectivity index (χ3n) is 4.86. The number of aromatic nitrogens is 1. The Balaban J connectivity index is 1.66. The first-order valence-electron chi connectivity index (χ1n) is 10.5. The van der Waals surface area contributed by atoms with Gasteiger partial charge in [-0.15, -0.1) is 0 Å². The van der Waals surface area contributed by atoms with Crippen molar-refractivity contribution in [2.45, 2.75) is 18.4 Å². The van der Waals surface area contributed by atoms with Gasteiger partial charge in [0.25, 0.3) is 15.9 Å². The number of carbonyl (C=O) groups is 2. The van der Waals surface area contributed by atoms with Gasteiger partial charge in [0.1, 0.15) is 12.4 Å². The van der Waals surface area contributed by atoms with E-state index in [0.717, 1.165) is 34.5 Å². The Labute approximate surface area is 204 Å². The smallest absolute Gasteiger partial charge is 0.326 e. The standard InChI is InChI=1S/C24H20FN3O5S2/c1-2-33-22(29)15-28-20-8-3-4-9-21(20)34-24(28)26-23(30)16-6-5-7-18(14-16)27-35(31,32)19-12-10-17(25)11-13-19/h3-14,27H,2,15H2,1H3. The van der Waals surface area contributed by atoms with Gasteiger partial charge in [-0.1, -0.05) is 29.5 Å². The molecular formula is C24H20FN3O5S2. The fourth-order valence-electron chi connectivity index (χ4n) is 3.29. The number of nitrogens with zero attached hydrogens (tertiary/aromatic N) is 2. The van der Waals surface area contributed by atoms with Crippen molar-refractivity contribution < 1.29 is 27.1 Å². The van der Waals surface area contributed by atoms with Crippen molar-refractivity contribution in [1.29, 1.82) is 0 Å². The maximum Gasteiger partial charge on any atom is 0.326 e. The quantitative estimate of drug-likeness (QED) is 0.377. The number of fused-ring (bicyclic) bond motifs is 1. The highest BCUT2D eigenvalue weighted by Crippen LogP contribution is 2.19. The summed E-state index contributed by atoms with van der Waals surface area (Å²) >= 11 is 1.25. The molecule has 1 heterocycles. The zero-order valence-electron chi connectivity index (χ0n) is 18.5. The second kappa shape index (κ2) is 10.2. The molecule has 0 spiro atoms. The van der Waals surface area contributed by atoms with E-state index in [9.17, 15) is 22.4 Å². The number of nitrogens with one attached hydrogen (secondary N) is 1. The van der Waals surface area contributed by atoms with Crippen LogP contribution >= 0.6 is 11.3 Å². The lowest BCUT2D eigenvalue weighted by Gasteiger charge is -2.09. The molecule has 35 heavy (non-hydrogen) atoms. The average Bonchev–Trinajstić information content (AvgIpc) is 3.16. The SMILES string of the molecule is CCOC(=O)Cn1c(=NC(=O)c2cccc(NS(=O)(=O)c3ccc(F)cc3)c2)sc2ccccc21. The third-order valence-corrected chi connectivity index (χ3v) is 7.32. The lowest BCUT2D eigenvalue weighted by Crippen LogP contribution is -2.23. The number of amides is 1. The van der Waals surface area contributed by atoms with Gasteiger partial charge in [0.05, 0.1) is 21.7 Å². The van der Waals surface area contributed by atoms with Crippen LogP contribution in [0.2, 0.25) is 0 Å². The van der Waals surface area contributed by atoms with Crippen molar-refractivity contribution in [1.82, 2.24) is 4.57 Å². The van der Waals surface area contributed by atoms with Gasteiger partial charge >= 0.3 is 5.97 Å². The number of para-hydroxylation sites is 1. The number of carbonyl (C=O) groups excluding carboxylic acids is 2. The van der Waals surface area contributed by atoms with Gasteiger partial charge in [-0.2, -0.15) is 4.99 Å². The molecule has 0 fully saturated rings. The van der Waals surface area contributed by atoms with Crippen LogP contribution in [0, 0.1) is 5.82 Å². The highest BCUT2D eigenvalue weighted by Gasteiger charge is 2.16. The summed E-state index contributed by atoms with van der Waals surface area (Å²) in [5.74, 6) is -1.63. The monoisotopic (exact) mass is 513 g/mol. The minimum absolute atomic E-state index is 0.110. The number of esters is 1. The van der Waals surface area contributed by atoms with E-state index in [1.807, 2.05) is 24.3 Å². The largest absolute Gasteiger partial charge is 0.465 e. The topological polar surface area (TPSA) is 107 Å². The van der Waals surface area contributed by atoms with E-state index in [1.54, 1.807) is 11.5 Å².